The van der Waals surface area contributed by atoms with Gasteiger partial charge in [-0.1, -0.05) is 18.2 Å². The lowest BCUT2D eigenvalue weighted by molar-refractivity contribution is -0.147. The summed E-state index contributed by atoms with van der Waals surface area (Å²) in [5.41, 5.74) is 0.130. The molecule has 0 radical (unpaired) electrons. The quantitative estimate of drug-likeness (QED) is 0.387. The van der Waals surface area contributed by atoms with Crippen molar-refractivity contribution in [1.29, 1.82) is 0 Å². The van der Waals surface area contributed by atoms with Gasteiger partial charge in [0.1, 0.15) is 16.9 Å². The molecule has 2 aromatic heterocycles. The van der Waals surface area contributed by atoms with Crippen LogP contribution >= 0.6 is 0 Å². The molecule has 4 aromatic rings. The number of esters is 1. The van der Waals surface area contributed by atoms with Gasteiger partial charge in [-0.05, 0) is 31.2 Å². The van der Waals surface area contributed by atoms with Crippen molar-refractivity contribution in [3.05, 3.63) is 75.4 Å². The average molecular weight is 392 g/mol. The van der Waals surface area contributed by atoms with Crippen molar-refractivity contribution in [1.82, 2.24) is 0 Å². The summed E-state index contributed by atoms with van der Waals surface area (Å²) in [6.45, 7) is 1.54. The lowest BCUT2D eigenvalue weighted by Gasteiger charge is -2.13. The van der Waals surface area contributed by atoms with Crippen LogP contribution in [0.5, 0.6) is 5.75 Å². The SMILES string of the molecule is COC(=O)[C@@H](C)Oc1ccc2c(-c3cc4ccccc4oc3=O)cc(=O)oc2c1. The normalized spacial score (nSPS) is 12.1. The summed E-state index contributed by atoms with van der Waals surface area (Å²) in [6.07, 6.45) is -0.833. The molecule has 0 amide bonds. The zero-order valence-corrected chi connectivity index (χ0v) is 15.6. The van der Waals surface area contributed by atoms with Crippen molar-refractivity contribution >= 4 is 27.9 Å². The minimum Gasteiger partial charge on any atom is -0.479 e. The van der Waals surface area contributed by atoms with Gasteiger partial charge < -0.3 is 18.3 Å². The smallest absolute Gasteiger partial charge is 0.346 e. The molecule has 0 fully saturated rings. The van der Waals surface area contributed by atoms with Gasteiger partial charge in [0.05, 0.1) is 12.7 Å². The minimum atomic E-state index is -0.833. The van der Waals surface area contributed by atoms with Crippen molar-refractivity contribution in [2.24, 2.45) is 0 Å². The maximum atomic E-state index is 12.5. The molecule has 0 aliphatic carbocycles. The van der Waals surface area contributed by atoms with E-state index in [0.717, 1.165) is 5.39 Å². The van der Waals surface area contributed by atoms with Crippen LogP contribution in [0.15, 0.2) is 73.0 Å². The number of benzene rings is 2. The molecule has 146 valence electrons. The van der Waals surface area contributed by atoms with E-state index in [2.05, 4.69) is 4.74 Å². The molecular formula is C22H16O7. The zero-order chi connectivity index (χ0) is 20.5. The van der Waals surface area contributed by atoms with Crippen molar-refractivity contribution in [3.8, 4) is 16.9 Å². The highest BCUT2D eigenvalue weighted by Crippen LogP contribution is 2.30. The average Bonchev–Trinajstić information content (AvgIpc) is 2.71. The lowest BCUT2D eigenvalue weighted by atomic mass is 10.0. The third-order valence-electron chi connectivity index (χ3n) is 4.49. The fraction of sp³-hybridized carbons (Fsp3) is 0.136. The van der Waals surface area contributed by atoms with Gasteiger partial charge in [0.2, 0.25) is 0 Å². The first-order valence-corrected chi connectivity index (χ1v) is 8.82. The van der Waals surface area contributed by atoms with Crippen molar-refractivity contribution in [2.45, 2.75) is 13.0 Å². The first-order chi connectivity index (χ1) is 14.0. The third kappa shape index (κ3) is 3.50. The van der Waals surface area contributed by atoms with E-state index in [9.17, 15) is 14.4 Å². The Hall–Kier alpha value is -3.87. The van der Waals surface area contributed by atoms with Crippen LogP contribution in [0.25, 0.3) is 33.1 Å². The number of carbonyl (C=O) groups excluding carboxylic acids is 1. The Bertz CT molecular complexity index is 1350. The van der Waals surface area contributed by atoms with E-state index < -0.39 is 23.3 Å². The number of methoxy groups -OCH3 is 1. The molecular weight excluding hydrogens is 376 g/mol. The molecule has 7 nitrogen and oxygen atoms in total. The summed E-state index contributed by atoms with van der Waals surface area (Å²) in [5, 5.41) is 1.26. The summed E-state index contributed by atoms with van der Waals surface area (Å²) >= 11 is 0. The van der Waals surface area contributed by atoms with Crippen LogP contribution in [-0.2, 0) is 9.53 Å². The molecule has 0 spiro atoms. The number of hydrogen-bond donors (Lipinski definition) is 0. The Labute approximate surface area is 164 Å². The molecule has 0 saturated carbocycles. The molecule has 0 aliphatic rings. The van der Waals surface area contributed by atoms with Gasteiger partial charge in [-0.3, -0.25) is 0 Å². The largest absolute Gasteiger partial charge is 0.479 e. The van der Waals surface area contributed by atoms with Gasteiger partial charge in [-0.2, -0.15) is 0 Å². The van der Waals surface area contributed by atoms with Crippen LogP contribution in [0.3, 0.4) is 0 Å². The Kier molecular flexibility index (Phi) is 4.64. The lowest BCUT2D eigenvalue weighted by Crippen LogP contribution is -2.24. The number of hydrogen-bond acceptors (Lipinski definition) is 7. The first kappa shape index (κ1) is 18.5. The van der Waals surface area contributed by atoms with E-state index in [1.165, 1.54) is 19.2 Å². The molecule has 0 bridgehead atoms. The topological polar surface area (TPSA) is 96.0 Å². The van der Waals surface area contributed by atoms with Gasteiger partial charge in [0.25, 0.3) is 0 Å². The highest BCUT2D eigenvalue weighted by molar-refractivity contribution is 5.95. The maximum Gasteiger partial charge on any atom is 0.346 e. The number of carbonyl (C=O) groups is 1. The molecule has 0 saturated heterocycles. The highest BCUT2D eigenvalue weighted by Gasteiger charge is 2.17. The summed E-state index contributed by atoms with van der Waals surface area (Å²) < 4.78 is 20.8. The van der Waals surface area contributed by atoms with Gasteiger partial charge >= 0.3 is 17.2 Å². The maximum absolute atomic E-state index is 12.5. The van der Waals surface area contributed by atoms with E-state index >= 15 is 0 Å². The van der Waals surface area contributed by atoms with Crippen LogP contribution in [0, 0.1) is 0 Å². The van der Waals surface area contributed by atoms with Crippen molar-refractivity contribution in [3.63, 3.8) is 0 Å². The summed E-state index contributed by atoms with van der Waals surface area (Å²) in [5.74, 6) is -0.213. The van der Waals surface area contributed by atoms with E-state index in [1.54, 1.807) is 37.3 Å². The van der Waals surface area contributed by atoms with Gasteiger partial charge in [-0.25, -0.2) is 14.4 Å². The fourth-order valence-corrected chi connectivity index (χ4v) is 3.11. The number of rotatable bonds is 4. The second-order valence-electron chi connectivity index (χ2n) is 6.41. The Morgan fingerprint density at radius 1 is 0.931 bits per heavy atom. The van der Waals surface area contributed by atoms with Crippen molar-refractivity contribution in [2.75, 3.05) is 7.11 Å². The van der Waals surface area contributed by atoms with Gasteiger partial charge in [-0.15, -0.1) is 0 Å². The fourth-order valence-electron chi connectivity index (χ4n) is 3.11. The Morgan fingerprint density at radius 2 is 1.72 bits per heavy atom. The monoisotopic (exact) mass is 392 g/mol. The molecule has 4 rings (SSSR count). The van der Waals surface area contributed by atoms with Gasteiger partial charge in [0.15, 0.2) is 6.10 Å². The van der Waals surface area contributed by atoms with E-state index in [0.29, 0.717) is 22.3 Å². The second kappa shape index (κ2) is 7.27. The highest BCUT2D eigenvalue weighted by atomic mass is 16.6. The van der Waals surface area contributed by atoms with Crippen LogP contribution in [-0.4, -0.2) is 19.2 Å². The third-order valence-corrected chi connectivity index (χ3v) is 4.49. The Morgan fingerprint density at radius 3 is 2.52 bits per heavy atom. The molecule has 7 heteroatoms. The molecule has 0 unspecified atom stereocenters. The predicted molar refractivity (Wildman–Crippen MR) is 106 cm³/mol. The van der Waals surface area contributed by atoms with Crippen molar-refractivity contribution < 1.29 is 23.1 Å². The molecule has 2 heterocycles. The summed E-state index contributed by atoms with van der Waals surface area (Å²) in [6, 6.07) is 14.8. The predicted octanol–water partition coefficient (Wildman–Crippen LogP) is 3.51. The molecule has 2 aromatic carbocycles. The van der Waals surface area contributed by atoms with Crippen LogP contribution in [0.2, 0.25) is 0 Å². The summed E-state index contributed by atoms with van der Waals surface area (Å²) in [7, 11) is 1.27. The second-order valence-corrected chi connectivity index (χ2v) is 6.41. The van der Waals surface area contributed by atoms with Gasteiger partial charge in [0, 0.05) is 28.5 Å². The van der Waals surface area contributed by atoms with Crippen LogP contribution in [0.1, 0.15) is 6.92 Å². The van der Waals surface area contributed by atoms with E-state index in [-0.39, 0.29) is 11.1 Å². The number of para-hydroxylation sites is 1. The first-order valence-electron chi connectivity index (χ1n) is 8.82. The summed E-state index contributed by atoms with van der Waals surface area (Å²) in [4.78, 5) is 36.2. The van der Waals surface area contributed by atoms with E-state index in [4.69, 9.17) is 13.6 Å². The Balaban J connectivity index is 1.86. The molecule has 0 N–H and O–H groups in total. The standard InChI is InChI=1S/C22H16O7/c1-12(21(24)26-2)27-14-7-8-15-16(11-20(23)28-19(15)10-14)17-9-13-5-3-4-6-18(13)29-22(17)25/h3-12H,1-2H3/t12-/m1/s1. The number of ether oxygens (including phenoxy) is 2. The minimum absolute atomic E-state index is 0.217. The number of fused-ring (bicyclic) bond motifs is 2. The molecule has 0 aliphatic heterocycles. The molecule has 29 heavy (non-hydrogen) atoms. The molecule has 1 atom stereocenters. The van der Waals surface area contributed by atoms with E-state index in [1.807, 2.05) is 12.1 Å². The van der Waals surface area contributed by atoms with Crippen LogP contribution in [0.4, 0.5) is 0 Å². The van der Waals surface area contributed by atoms with Crippen LogP contribution < -0.4 is 16.0 Å². The zero-order valence-electron chi connectivity index (χ0n) is 15.6.